The maximum Gasteiger partial charge on any atom is 0.303 e. The normalized spacial score (nSPS) is 6.25. The lowest BCUT2D eigenvalue weighted by Crippen LogP contribution is -1.79. The number of rotatable bonds is 0. The van der Waals surface area contributed by atoms with Crippen molar-refractivity contribution in [1.82, 2.24) is 0 Å². The highest BCUT2D eigenvalue weighted by Crippen LogP contribution is 1.42. The molecule has 8 heavy (non-hydrogen) atoms. The summed E-state index contributed by atoms with van der Waals surface area (Å²) in [7, 11) is 0. The number of carboxylic acid groups (broad SMARTS) is 2. The molecule has 0 spiro atoms. The van der Waals surface area contributed by atoms with Crippen molar-refractivity contribution in [3.05, 3.63) is 6.92 Å². The Balaban J connectivity index is 0. The Morgan fingerprint density at radius 2 is 1.38 bits per heavy atom. The number of carbonyl (C=O) groups is 2. The van der Waals surface area contributed by atoms with E-state index in [0.717, 1.165) is 6.92 Å². The number of hydrogen-bond donors (Lipinski definition) is 2. The average Bonchev–Trinajstić information content (AvgIpc) is 1.25. The summed E-state index contributed by atoms with van der Waals surface area (Å²) in [5, 5.41) is 14.7. The molecular weight excluding hydrogens is 112 g/mol. The van der Waals surface area contributed by atoms with E-state index in [9.17, 15) is 0 Å². The third-order valence-corrected chi connectivity index (χ3v) is 0. The first-order chi connectivity index (χ1) is 3.46. The molecule has 0 atom stereocenters. The van der Waals surface area contributed by atoms with Crippen molar-refractivity contribution in [1.29, 1.82) is 0 Å². The Morgan fingerprint density at radius 3 is 1.38 bits per heavy atom. The smallest absolute Gasteiger partial charge is 0.303 e. The van der Waals surface area contributed by atoms with E-state index in [1.165, 1.54) is 0 Å². The first-order valence-corrected chi connectivity index (χ1v) is 1.71. The molecule has 4 nitrogen and oxygen atoms in total. The molecule has 0 aromatic heterocycles. The predicted octanol–water partition coefficient (Wildman–Crippen LogP) is -0.00401. The molecule has 0 fully saturated rings. The molecule has 4 heteroatoms. The van der Waals surface area contributed by atoms with Crippen molar-refractivity contribution in [2.75, 3.05) is 0 Å². The molecule has 0 aliphatic rings. The third kappa shape index (κ3) is 68.3. The van der Waals surface area contributed by atoms with Crippen molar-refractivity contribution < 1.29 is 19.8 Å². The van der Waals surface area contributed by atoms with Crippen LogP contribution < -0.4 is 0 Å². The van der Waals surface area contributed by atoms with Crippen molar-refractivity contribution >= 4 is 11.9 Å². The lowest BCUT2D eigenvalue weighted by Gasteiger charge is -1.59. The largest absolute Gasteiger partial charge is 0.481 e. The van der Waals surface area contributed by atoms with Crippen molar-refractivity contribution in [3.8, 4) is 0 Å². The summed E-state index contributed by atoms with van der Waals surface area (Å²) >= 11 is 0. The van der Waals surface area contributed by atoms with Gasteiger partial charge < -0.3 is 10.2 Å². The molecule has 47 valence electrons. The van der Waals surface area contributed by atoms with Gasteiger partial charge in [0.05, 0.1) is 6.92 Å². The van der Waals surface area contributed by atoms with E-state index in [-0.39, 0.29) is 0 Å². The molecule has 0 aliphatic heterocycles. The van der Waals surface area contributed by atoms with Gasteiger partial charge in [-0.25, -0.2) is 0 Å². The summed E-state index contributed by atoms with van der Waals surface area (Å²) in [5.74, 6) is -1.92. The van der Waals surface area contributed by atoms with Crippen LogP contribution in [0.2, 0.25) is 0 Å². The Morgan fingerprint density at radius 1 is 1.38 bits per heavy atom. The fourth-order valence-electron chi connectivity index (χ4n) is 0. The van der Waals surface area contributed by atoms with Gasteiger partial charge in [-0.15, -0.1) is 0 Å². The van der Waals surface area contributed by atoms with Crippen LogP contribution in [0.25, 0.3) is 0 Å². The van der Waals surface area contributed by atoms with Gasteiger partial charge in [-0.1, -0.05) is 0 Å². The van der Waals surface area contributed by atoms with Crippen molar-refractivity contribution in [2.45, 2.75) is 6.92 Å². The zero-order chi connectivity index (χ0) is 7.15. The van der Waals surface area contributed by atoms with E-state index < -0.39 is 11.9 Å². The Labute approximate surface area is 46.8 Å². The van der Waals surface area contributed by atoms with Crippen LogP contribution >= 0.6 is 0 Å². The van der Waals surface area contributed by atoms with Gasteiger partial charge in [0.15, 0.2) is 0 Å². The fourth-order valence-corrected chi connectivity index (χ4v) is 0. The van der Waals surface area contributed by atoms with Gasteiger partial charge in [-0.3, -0.25) is 9.59 Å². The average molecular weight is 119 g/mol. The molecule has 0 bridgehead atoms. The van der Waals surface area contributed by atoms with Crippen molar-refractivity contribution in [3.63, 3.8) is 0 Å². The summed E-state index contributed by atoms with van der Waals surface area (Å²) in [5.41, 5.74) is 0. The highest BCUT2D eigenvalue weighted by atomic mass is 16.4. The number of carboxylic acids is 2. The summed E-state index contributed by atoms with van der Waals surface area (Å²) < 4.78 is 0. The van der Waals surface area contributed by atoms with Gasteiger partial charge in [0.1, 0.15) is 0 Å². The zero-order valence-corrected chi connectivity index (χ0v) is 4.42. The molecule has 0 unspecified atom stereocenters. The van der Waals surface area contributed by atoms with Gasteiger partial charge in [-0.2, -0.15) is 0 Å². The molecule has 0 aliphatic carbocycles. The summed E-state index contributed by atoms with van der Waals surface area (Å²) in [6, 6.07) is 0. The highest BCUT2D eigenvalue weighted by molar-refractivity contribution is 5.71. The van der Waals surface area contributed by atoms with Gasteiger partial charge in [0.25, 0.3) is 5.97 Å². The van der Waals surface area contributed by atoms with E-state index in [2.05, 4.69) is 6.92 Å². The zero-order valence-electron chi connectivity index (χ0n) is 4.42. The topological polar surface area (TPSA) is 74.6 Å². The standard InChI is InChI=1S/C2H4O2.C2H3O2/c2*1-2(3)4/h1H3,(H,3,4);1H2,(H,3,4). The minimum absolute atomic E-state index is 0.833. The molecule has 0 rings (SSSR count). The van der Waals surface area contributed by atoms with Crippen LogP contribution in [0.4, 0.5) is 0 Å². The van der Waals surface area contributed by atoms with Gasteiger partial charge in [0, 0.05) is 6.92 Å². The first kappa shape index (κ1) is 10.0. The van der Waals surface area contributed by atoms with Crippen LogP contribution in [0.5, 0.6) is 0 Å². The molecule has 0 heterocycles. The van der Waals surface area contributed by atoms with E-state index in [1.54, 1.807) is 0 Å². The molecular formula is C4H7O4. The molecule has 0 aromatic carbocycles. The summed E-state index contributed by atoms with van der Waals surface area (Å²) in [6.07, 6.45) is 0. The Kier molecular flexibility index (Phi) is 7.45. The summed E-state index contributed by atoms with van der Waals surface area (Å²) in [6.45, 7) is 3.64. The van der Waals surface area contributed by atoms with Crippen molar-refractivity contribution in [2.24, 2.45) is 0 Å². The van der Waals surface area contributed by atoms with Crippen LogP contribution in [0.3, 0.4) is 0 Å². The van der Waals surface area contributed by atoms with Crippen LogP contribution in [-0.4, -0.2) is 22.2 Å². The maximum absolute atomic E-state index is 9.00. The van der Waals surface area contributed by atoms with Gasteiger partial charge >= 0.3 is 5.97 Å². The quantitative estimate of drug-likeness (QED) is 0.470. The van der Waals surface area contributed by atoms with Crippen LogP contribution in [0.15, 0.2) is 0 Å². The Bertz CT molecular complexity index is 66.0. The SMILES string of the molecule is CC(=O)O.[CH2]C(=O)O. The second kappa shape index (κ2) is 5.94. The number of hydrogen-bond acceptors (Lipinski definition) is 2. The van der Waals surface area contributed by atoms with Crippen LogP contribution in [0.1, 0.15) is 6.92 Å². The fraction of sp³-hybridized carbons (Fsp3) is 0.250. The maximum atomic E-state index is 9.00. The molecule has 0 saturated carbocycles. The molecule has 1 radical (unpaired) electrons. The monoisotopic (exact) mass is 119 g/mol. The lowest BCUT2D eigenvalue weighted by molar-refractivity contribution is -0.134. The molecule has 2 N–H and O–H groups in total. The predicted molar refractivity (Wildman–Crippen MR) is 26.3 cm³/mol. The van der Waals surface area contributed by atoms with E-state index in [4.69, 9.17) is 19.8 Å². The second-order valence-corrected chi connectivity index (χ2v) is 0.913. The number of aliphatic carboxylic acids is 2. The molecule has 0 aromatic rings. The third-order valence-electron chi connectivity index (χ3n) is 0. The first-order valence-electron chi connectivity index (χ1n) is 1.71. The van der Waals surface area contributed by atoms with E-state index >= 15 is 0 Å². The molecule has 0 saturated heterocycles. The molecule has 0 amide bonds. The second-order valence-electron chi connectivity index (χ2n) is 0.913. The van der Waals surface area contributed by atoms with Crippen LogP contribution in [-0.2, 0) is 9.59 Å². The minimum atomic E-state index is -1.08. The van der Waals surface area contributed by atoms with Gasteiger partial charge in [-0.05, 0) is 0 Å². The van der Waals surface area contributed by atoms with E-state index in [1.807, 2.05) is 0 Å². The van der Waals surface area contributed by atoms with Gasteiger partial charge in [0.2, 0.25) is 0 Å². The van der Waals surface area contributed by atoms with E-state index in [0.29, 0.717) is 0 Å². The highest BCUT2D eigenvalue weighted by Gasteiger charge is 1.66. The minimum Gasteiger partial charge on any atom is -0.481 e. The van der Waals surface area contributed by atoms with Crippen LogP contribution in [0, 0.1) is 6.92 Å². The Hall–Kier alpha value is -1.06. The lowest BCUT2D eigenvalue weighted by atomic mass is 10.9. The summed E-state index contributed by atoms with van der Waals surface area (Å²) in [4.78, 5) is 17.9.